The Labute approximate surface area is 264 Å². The molecule has 8 heteroatoms. The highest BCUT2D eigenvalue weighted by Gasteiger charge is 2.62. The van der Waals surface area contributed by atoms with Gasteiger partial charge in [0.15, 0.2) is 5.78 Å². The third kappa shape index (κ3) is 7.39. The molecule has 8 unspecified atom stereocenters. The van der Waals surface area contributed by atoms with E-state index in [0.29, 0.717) is 24.0 Å². The summed E-state index contributed by atoms with van der Waals surface area (Å²) in [6.45, 7) is 12.4. The molecule has 8 atom stereocenters. The van der Waals surface area contributed by atoms with Crippen molar-refractivity contribution in [3.05, 3.63) is 48.2 Å². The largest absolute Gasteiger partial charge is 0.442 e. The lowest BCUT2D eigenvalue weighted by Crippen LogP contribution is -2.56. The molecule has 8 nitrogen and oxygen atoms in total. The maximum atomic E-state index is 12.5. The number of amides is 1. The molecule has 244 valence electrons. The number of hydrogen-bond acceptors (Lipinski definition) is 7. The lowest BCUT2D eigenvalue weighted by Gasteiger charge is -2.58. The van der Waals surface area contributed by atoms with E-state index in [1.54, 1.807) is 0 Å². The zero-order valence-corrected chi connectivity index (χ0v) is 27.3. The maximum absolute atomic E-state index is 12.5. The van der Waals surface area contributed by atoms with E-state index in [4.69, 9.17) is 4.74 Å². The normalized spacial score (nSPS) is 37.4. The van der Waals surface area contributed by atoms with Gasteiger partial charge in [-0.25, -0.2) is 4.79 Å². The van der Waals surface area contributed by atoms with Gasteiger partial charge in [0.05, 0.1) is 18.4 Å². The van der Waals surface area contributed by atoms with Gasteiger partial charge < -0.3 is 20.3 Å². The molecule has 0 bridgehead atoms. The molecule has 0 radical (unpaired) electrons. The van der Waals surface area contributed by atoms with Crippen molar-refractivity contribution >= 4 is 17.6 Å². The second kappa shape index (κ2) is 15.0. The molecule has 4 N–H and O–H groups in total. The monoisotopic (exact) mass is 609 g/mol. The number of allylic oxidation sites excluding steroid dienone is 5. The van der Waals surface area contributed by atoms with Gasteiger partial charge in [0.1, 0.15) is 12.7 Å². The number of carbonyl (C=O) groups excluding carboxylic acids is 2. The summed E-state index contributed by atoms with van der Waals surface area (Å²) in [5.74, 6) is 0.576. The standard InChI is InChI=1S/C33H47N3O5.C3H8/c1-21(19-34-31(40)41-24-9-7-5-4-6-8-10-24)35-36-23-15-16-32(2)22(17-23)11-12-25-26-13-14-27(29(39)20-37)33(26,3)18-28(38)30(25)32;1-3-2/h7,9,15-17,24-28,30,35,37-38H,1,4-6,8,10-14,18-20H2,2-3H3,(H,34,40);3H2,1-2H3/b9-7+,36-23+;. The minimum absolute atomic E-state index is 0.0741. The van der Waals surface area contributed by atoms with Crippen molar-refractivity contribution < 1.29 is 24.5 Å². The van der Waals surface area contributed by atoms with Gasteiger partial charge in [-0.2, -0.15) is 5.10 Å². The van der Waals surface area contributed by atoms with Gasteiger partial charge in [-0.15, -0.1) is 0 Å². The van der Waals surface area contributed by atoms with Crippen molar-refractivity contribution in [2.45, 2.75) is 111 Å². The van der Waals surface area contributed by atoms with Crippen LogP contribution in [0.2, 0.25) is 0 Å². The number of aliphatic hydroxyl groups excluding tert-OH is 2. The molecule has 0 aromatic carbocycles. The van der Waals surface area contributed by atoms with Gasteiger partial charge >= 0.3 is 6.09 Å². The van der Waals surface area contributed by atoms with Crippen LogP contribution in [-0.2, 0) is 9.53 Å². The van der Waals surface area contributed by atoms with Crippen LogP contribution >= 0.6 is 0 Å². The number of carbonyl (C=O) groups is 2. The van der Waals surface area contributed by atoms with E-state index in [2.05, 4.69) is 68.3 Å². The Morgan fingerprint density at radius 3 is 2.66 bits per heavy atom. The molecule has 0 spiro atoms. The first-order chi connectivity index (χ1) is 21.1. The quantitative estimate of drug-likeness (QED) is 0.197. The lowest BCUT2D eigenvalue weighted by atomic mass is 9.46. The molecule has 1 amide bonds. The molecule has 0 heterocycles. The predicted octanol–water partition coefficient (Wildman–Crippen LogP) is 6.36. The van der Waals surface area contributed by atoms with Crippen molar-refractivity contribution in [1.82, 2.24) is 10.7 Å². The topological polar surface area (TPSA) is 120 Å². The minimum atomic E-state index is -0.508. The number of hydrazone groups is 1. The lowest BCUT2D eigenvalue weighted by molar-refractivity contribution is -0.140. The summed E-state index contributed by atoms with van der Waals surface area (Å²) in [5, 5.41) is 28.4. The van der Waals surface area contributed by atoms with E-state index >= 15 is 0 Å². The van der Waals surface area contributed by atoms with Crippen LogP contribution in [0.15, 0.2) is 53.3 Å². The predicted molar refractivity (Wildman–Crippen MR) is 175 cm³/mol. The van der Waals surface area contributed by atoms with Gasteiger partial charge in [0.25, 0.3) is 0 Å². The number of aliphatic hydroxyl groups is 2. The van der Waals surface area contributed by atoms with Crippen molar-refractivity contribution in [3.63, 3.8) is 0 Å². The van der Waals surface area contributed by atoms with E-state index in [-0.39, 0.29) is 41.1 Å². The molecule has 44 heavy (non-hydrogen) atoms. The van der Waals surface area contributed by atoms with Gasteiger partial charge in [-0.1, -0.05) is 64.8 Å². The number of Topliss-reactive ketones (excluding diaryl/α,β-unsaturated/α-hetero) is 1. The Balaban J connectivity index is 0.00000141. The van der Waals surface area contributed by atoms with Crippen LogP contribution in [0, 0.1) is 34.5 Å². The summed E-state index contributed by atoms with van der Waals surface area (Å²) < 4.78 is 5.54. The van der Waals surface area contributed by atoms with Crippen molar-refractivity contribution in [2.75, 3.05) is 13.2 Å². The second-order valence-corrected chi connectivity index (χ2v) is 14.0. The first-order valence-corrected chi connectivity index (χ1v) is 16.9. The first-order valence-electron chi connectivity index (χ1n) is 16.9. The molecule has 0 aliphatic heterocycles. The van der Waals surface area contributed by atoms with E-state index in [1.807, 2.05) is 12.2 Å². The fourth-order valence-electron chi connectivity index (χ4n) is 8.81. The Hall–Kier alpha value is -2.71. The summed E-state index contributed by atoms with van der Waals surface area (Å²) in [6.07, 6.45) is 20.1. The number of fused-ring (bicyclic) bond motifs is 5. The zero-order chi connectivity index (χ0) is 31.9. The van der Waals surface area contributed by atoms with Crippen LogP contribution in [0.3, 0.4) is 0 Å². The molecule has 5 aliphatic carbocycles. The van der Waals surface area contributed by atoms with Gasteiger partial charge in [-0.3, -0.25) is 10.2 Å². The van der Waals surface area contributed by atoms with Gasteiger partial charge in [-0.05, 0) is 93.3 Å². The molecule has 0 aromatic rings. The van der Waals surface area contributed by atoms with Crippen LogP contribution in [0.25, 0.3) is 0 Å². The van der Waals surface area contributed by atoms with Crippen molar-refractivity contribution in [3.8, 4) is 0 Å². The molecular weight excluding hydrogens is 554 g/mol. The third-order valence-electron chi connectivity index (χ3n) is 10.8. The number of hydrogen-bond donors (Lipinski definition) is 4. The number of alkyl carbamates (subject to hydrolysis) is 1. The van der Waals surface area contributed by atoms with Crippen LogP contribution in [0.5, 0.6) is 0 Å². The van der Waals surface area contributed by atoms with E-state index < -0.39 is 18.8 Å². The molecule has 3 saturated carbocycles. The Kier molecular flexibility index (Phi) is 11.7. The highest BCUT2D eigenvalue weighted by Crippen LogP contribution is 2.66. The molecule has 0 aromatic heterocycles. The summed E-state index contributed by atoms with van der Waals surface area (Å²) in [7, 11) is 0. The number of ketones is 1. The van der Waals surface area contributed by atoms with Gasteiger partial charge in [0, 0.05) is 22.9 Å². The SMILES string of the molecule is C=C(CNC(=O)OC1/C=C/CCCCC1)N/N=C1\C=CC2(C)C(=C1)CCC1C2C(O)CC2(C)C(C(=O)CO)CCC12.CCC. The molecule has 3 fully saturated rings. The number of nitrogens with one attached hydrogen (secondary N) is 2. The van der Waals surface area contributed by atoms with Crippen LogP contribution < -0.4 is 10.7 Å². The maximum Gasteiger partial charge on any atom is 0.408 e. The third-order valence-corrected chi connectivity index (χ3v) is 10.8. The Bertz CT molecular complexity index is 1170. The van der Waals surface area contributed by atoms with Crippen LogP contribution in [-0.4, -0.2) is 53.2 Å². The summed E-state index contributed by atoms with van der Waals surface area (Å²) >= 11 is 0. The molecule has 5 rings (SSSR count). The summed E-state index contributed by atoms with van der Waals surface area (Å²) in [5.41, 5.74) is 5.06. The summed E-state index contributed by atoms with van der Waals surface area (Å²) in [6, 6.07) is 0. The molecule has 5 aliphatic rings. The zero-order valence-electron chi connectivity index (χ0n) is 27.3. The van der Waals surface area contributed by atoms with E-state index in [1.165, 1.54) is 18.4 Å². The Morgan fingerprint density at radius 2 is 1.91 bits per heavy atom. The van der Waals surface area contributed by atoms with Crippen LogP contribution in [0.4, 0.5) is 4.79 Å². The Morgan fingerprint density at radius 1 is 1.14 bits per heavy atom. The smallest absolute Gasteiger partial charge is 0.408 e. The van der Waals surface area contributed by atoms with Crippen molar-refractivity contribution in [1.29, 1.82) is 0 Å². The van der Waals surface area contributed by atoms with Gasteiger partial charge in [0.2, 0.25) is 0 Å². The number of ether oxygens (including phenoxy) is 1. The molecular formula is C36H55N3O5. The van der Waals surface area contributed by atoms with E-state index in [9.17, 15) is 19.8 Å². The fraction of sp³-hybridized carbons (Fsp3) is 0.694. The average molecular weight is 610 g/mol. The van der Waals surface area contributed by atoms with E-state index in [0.717, 1.165) is 57.1 Å². The first kappa shape index (κ1) is 34.2. The van der Waals surface area contributed by atoms with Crippen LogP contribution in [0.1, 0.15) is 98.3 Å². The highest BCUT2D eigenvalue weighted by molar-refractivity contribution is 6.05. The minimum Gasteiger partial charge on any atom is -0.442 e. The molecule has 0 saturated heterocycles. The fourth-order valence-corrected chi connectivity index (χ4v) is 8.81. The number of nitrogens with zero attached hydrogens (tertiary/aromatic N) is 1. The summed E-state index contributed by atoms with van der Waals surface area (Å²) in [4.78, 5) is 24.8. The highest BCUT2D eigenvalue weighted by atomic mass is 16.6. The average Bonchev–Trinajstić information content (AvgIpc) is 3.32. The second-order valence-electron chi connectivity index (χ2n) is 14.0. The van der Waals surface area contributed by atoms with Crippen molar-refractivity contribution in [2.24, 2.45) is 39.6 Å². The number of rotatable bonds is 7.